The number of esters is 1. The van der Waals surface area contributed by atoms with E-state index in [1.165, 1.54) is 18.3 Å². The highest BCUT2D eigenvalue weighted by molar-refractivity contribution is 7.92. The van der Waals surface area contributed by atoms with Crippen molar-refractivity contribution in [2.24, 2.45) is 5.92 Å². The van der Waals surface area contributed by atoms with Crippen LogP contribution in [0, 0.1) is 5.92 Å². The standard InChI is InChI=1S/C36H39NO7S2/c1-24(38)43-36(29(7-6-22-46(36,40)41)23-25-8-18-31(42-5)19-9-25)33-21-20-32(45-33)28-12-10-26(11-13-28)27-14-16-30(17-15-27)37-34(39)44-35(2,3)4/h8-21,29H,6-7,22-23H2,1-5H3,(H,37,39)/t29?,36-/m0/s1. The highest BCUT2D eigenvalue weighted by atomic mass is 32.2. The maximum atomic E-state index is 13.9. The molecule has 4 aromatic rings. The Labute approximate surface area is 274 Å². The molecule has 1 N–H and O–H groups in total. The molecule has 0 saturated carbocycles. The van der Waals surface area contributed by atoms with Gasteiger partial charge in [-0.25, -0.2) is 13.2 Å². The third-order valence-electron chi connectivity index (χ3n) is 7.88. The molecule has 2 heterocycles. The summed E-state index contributed by atoms with van der Waals surface area (Å²) in [5.41, 5.74) is 3.86. The number of hydrogen-bond acceptors (Lipinski definition) is 8. The molecule has 3 aromatic carbocycles. The number of ether oxygens (including phenoxy) is 3. The first-order valence-electron chi connectivity index (χ1n) is 15.2. The minimum absolute atomic E-state index is 0.0482. The van der Waals surface area contributed by atoms with Gasteiger partial charge in [-0.05, 0) is 98.7 Å². The van der Waals surface area contributed by atoms with Crippen molar-refractivity contribution in [1.82, 2.24) is 0 Å². The number of anilines is 1. The normalized spacial score (nSPS) is 19.2. The molecule has 1 aliphatic rings. The lowest BCUT2D eigenvalue weighted by molar-refractivity contribution is -0.154. The zero-order valence-electron chi connectivity index (χ0n) is 26.7. The van der Waals surface area contributed by atoms with Gasteiger partial charge in [0.15, 0.2) is 9.84 Å². The van der Waals surface area contributed by atoms with E-state index in [9.17, 15) is 18.0 Å². The predicted molar refractivity (Wildman–Crippen MR) is 182 cm³/mol. The number of methoxy groups -OCH3 is 1. The van der Waals surface area contributed by atoms with E-state index in [1.807, 2.05) is 99.6 Å². The Kier molecular flexibility index (Phi) is 9.60. The number of rotatable bonds is 8. The molecule has 1 unspecified atom stereocenters. The second kappa shape index (κ2) is 13.3. The van der Waals surface area contributed by atoms with Crippen LogP contribution >= 0.6 is 11.3 Å². The van der Waals surface area contributed by atoms with Crippen molar-refractivity contribution in [3.8, 4) is 27.3 Å². The lowest BCUT2D eigenvalue weighted by atomic mass is 9.88. The van der Waals surface area contributed by atoms with Crippen LogP contribution in [0.3, 0.4) is 0 Å². The van der Waals surface area contributed by atoms with Gasteiger partial charge >= 0.3 is 12.1 Å². The summed E-state index contributed by atoms with van der Waals surface area (Å²) in [6.45, 7) is 6.70. The fraction of sp³-hybridized carbons (Fsp3) is 0.333. The molecule has 1 aromatic heterocycles. The van der Waals surface area contributed by atoms with Crippen LogP contribution in [-0.4, -0.2) is 38.9 Å². The number of benzene rings is 3. The minimum atomic E-state index is -3.84. The van der Waals surface area contributed by atoms with Gasteiger partial charge < -0.3 is 14.2 Å². The molecule has 0 radical (unpaired) electrons. The predicted octanol–water partition coefficient (Wildman–Crippen LogP) is 8.22. The fourth-order valence-corrected chi connectivity index (χ4v) is 9.64. The number of sulfone groups is 1. The quantitative estimate of drug-likeness (QED) is 0.190. The molecule has 1 amide bonds. The van der Waals surface area contributed by atoms with Crippen molar-refractivity contribution >= 4 is 38.9 Å². The molecule has 0 spiro atoms. The molecule has 1 saturated heterocycles. The number of carbonyl (C=O) groups is 2. The van der Waals surface area contributed by atoms with Crippen LogP contribution in [0.2, 0.25) is 0 Å². The van der Waals surface area contributed by atoms with Gasteiger partial charge in [-0.2, -0.15) is 0 Å². The summed E-state index contributed by atoms with van der Waals surface area (Å²) < 4.78 is 44.3. The Morgan fingerprint density at radius 1 is 0.891 bits per heavy atom. The largest absolute Gasteiger partial charge is 0.497 e. The Balaban J connectivity index is 1.40. The monoisotopic (exact) mass is 661 g/mol. The molecule has 8 nitrogen and oxygen atoms in total. The maximum Gasteiger partial charge on any atom is 0.412 e. The number of hydrogen-bond donors (Lipinski definition) is 1. The van der Waals surface area contributed by atoms with Crippen LogP contribution in [0.5, 0.6) is 5.75 Å². The fourth-order valence-electron chi connectivity index (χ4n) is 5.84. The van der Waals surface area contributed by atoms with Crippen molar-refractivity contribution in [3.05, 3.63) is 95.4 Å². The van der Waals surface area contributed by atoms with Crippen LogP contribution in [-0.2, 0) is 35.5 Å². The maximum absolute atomic E-state index is 13.9. The highest BCUT2D eigenvalue weighted by Gasteiger charge is 2.57. The van der Waals surface area contributed by atoms with Crippen LogP contribution in [0.15, 0.2) is 84.9 Å². The van der Waals surface area contributed by atoms with Crippen molar-refractivity contribution < 1.29 is 32.2 Å². The van der Waals surface area contributed by atoms with Crippen LogP contribution < -0.4 is 10.1 Å². The van der Waals surface area contributed by atoms with E-state index < -0.39 is 38.4 Å². The van der Waals surface area contributed by atoms with Crippen LogP contribution in [0.1, 0.15) is 51.0 Å². The number of nitrogens with one attached hydrogen (secondary N) is 1. The average molecular weight is 662 g/mol. The van der Waals surface area contributed by atoms with E-state index in [-0.39, 0.29) is 5.75 Å². The van der Waals surface area contributed by atoms with Crippen LogP contribution in [0.25, 0.3) is 21.6 Å². The topological polar surface area (TPSA) is 108 Å². The van der Waals surface area contributed by atoms with E-state index in [1.54, 1.807) is 13.2 Å². The van der Waals surface area contributed by atoms with Crippen LogP contribution in [0.4, 0.5) is 10.5 Å². The van der Waals surface area contributed by atoms with E-state index >= 15 is 0 Å². The summed E-state index contributed by atoms with van der Waals surface area (Å²) in [7, 11) is -2.24. The molecule has 1 aliphatic heterocycles. The Morgan fingerprint density at radius 3 is 2.09 bits per heavy atom. The van der Waals surface area contributed by atoms with Gasteiger partial charge in [0.05, 0.1) is 17.7 Å². The van der Waals surface area contributed by atoms with Gasteiger partial charge in [-0.1, -0.05) is 48.5 Å². The second-order valence-electron chi connectivity index (χ2n) is 12.4. The molecular formula is C36H39NO7S2. The molecule has 5 rings (SSSR count). The first-order valence-corrected chi connectivity index (χ1v) is 17.6. The van der Waals surface area contributed by atoms with Gasteiger partial charge in [-0.15, -0.1) is 11.3 Å². The number of amides is 1. The van der Waals surface area contributed by atoms with E-state index in [0.717, 1.165) is 27.1 Å². The summed E-state index contributed by atoms with van der Waals surface area (Å²) in [4.78, 5) is 24.2. The Hall–Kier alpha value is -4.15. The molecule has 242 valence electrons. The molecule has 2 atom stereocenters. The zero-order chi connectivity index (χ0) is 33.1. The van der Waals surface area contributed by atoms with Gasteiger partial charge in [-0.3, -0.25) is 10.1 Å². The molecule has 46 heavy (non-hydrogen) atoms. The lowest BCUT2D eigenvalue weighted by Gasteiger charge is -2.41. The van der Waals surface area contributed by atoms with E-state index in [0.29, 0.717) is 35.6 Å². The summed E-state index contributed by atoms with van der Waals surface area (Å²) >= 11 is 1.34. The third kappa shape index (κ3) is 7.29. The second-order valence-corrected chi connectivity index (χ2v) is 15.7. The van der Waals surface area contributed by atoms with E-state index in [4.69, 9.17) is 14.2 Å². The zero-order valence-corrected chi connectivity index (χ0v) is 28.3. The Morgan fingerprint density at radius 2 is 1.50 bits per heavy atom. The third-order valence-corrected chi connectivity index (χ3v) is 11.7. The smallest absolute Gasteiger partial charge is 0.412 e. The van der Waals surface area contributed by atoms with Gasteiger partial charge in [0, 0.05) is 23.4 Å². The summed E-state index contributed by atoms with van der Waals surface area (Å²) in [6.07, 6.45) is 1.03. The highest BCUT2D eigenvalue weighted by Crippen LogP contribution is 2.50. The average Bonchev–Trinajstić information content (AvgIpc) is 3.49. The number of carbonyl (C=O) groups excluding carboxylic acids is 2. The minimum Gasteiger partial charge on any atom is -0.497 e. The number of thiophene rings is 1. The first kappa shape index (κ1) is 33.2. The summed E-state index contributed by atoms with van der Waals surface area (Å²) in [5, 5.41) is 2.74. The summed E-state index contributed by atoms with van der Waals surface area (Å²) in [5.74, 6) is -0.414. The molecule has 0 bridgehead atoms. The SMILES string of the molecule is COc1ccc(CC2CCCS(=O)(=O)[C@]2(OC(C)=O)c2ccc(-c3ccc(-c4ccc(NC(=O)OC(C)(C)C)cc4)cc3)s2)cc1. The lowest BCUT2D eigenvalue weighted by Crippen LogP contribution is -2.50. The molecule has 0 aliphatic carbocycles. The van der Waals surface area contributed by atoms with Crippen molar-refractivity contribution in [3.63, 3.8) is 0 Å². The van der Waals surface area contributed by atoms with Gasteiger partial charge in [0.1, 0.15) is 11.4 Å². The summed E-state index contributed by atoms with van der Waals surface area (Å²) in [6, 6.07) is 26.7. The molecule has 10 heteroatoms. The Bertz CT molecular complexity index is 1790. The van der Waals surface area contributed by atoms with Crippen molar-refractivity contribution in [2.45, 2.75) is 57.5 Å². The first-order chi connectivity index (χ1) is 21.8. The molecular weight excluding hydrogens is 623 g/mol. The van der Waals surface area contributed by atoms with Gasteiger partial charge in [0.2, 0.25) is 4.93 Å². The van der Waals surface area contributed by atoms with E-state index in [2.05, 4.69) is 5.32 Å². The van der Waals surface area contributed by atoms with Gasteiger partial charge in [0.25, 0.3) is 0 Å². The van der Waals surface area contributed by atoms with Crippen molar-refractivity contribution in [1.29, 1.82) is 0 Å². The molecule has 1 fully saturated rings. The van der Waals surface area contributed by atoms with Crippen molar-refractivity contribution in [2.75, 3.05) is 18.2 Å².